The van der Waals surface area contributed by atoms with Gasteiger partial charge in [0.1, 0.15) is 0 Å². The van der Waals surface area contributed by atoms with Crippen molar-refractivity contribution in [3.63, 3.8) is 0 Å². The van der Waals surface area contributed by atoms with Crippen molar-refractivity contribution in [2.45, 2.75) is 20.3 Å². The van der Waals surface area contributed by atoms with E-state index >= 15 is 0 Å². The summed E-state index contributed by atoms with van der Waals surface area (Å²) in [5.41, 5.74) is 14.8. The molecule has 0 aliphatic heterocycles. The lowest BCUT2D eigenvalue weighted by Gasteiger charge is -2.06. The molecule has 0 heterocycles. The van der Waals surface area contributed by atoms with Gasteiger partial charge in [-0.05, 0) is 31.0 Å². The second-order valence-corrected chi connectivity index (χ2v) is 3.66. The van der Waals surface area contributed by atoms with E-state index in [1.807, 2.05) is 32.1 Å². The fourth-order valence-electron chi connectivity index (χ4n) is 1.45. The Bertz CT molecular complexity index is 408. The molecule has 1 aromatic rings. The van der Waals surface area contributed by atoms with Crippen LogP contribution in [0.15, 0.2) is 18.2 Å². The normalized spacial score (nSPS) is 10.8. The summed E-state index contributed by atoms with van der Waals surface area (Å²) in [7, 11) is 0. The number of rotatable bonds is 3. The predicted octanol–water partition coefficient (Wildman–Crippen LogP) is 1.77. The van der Waals surface area contributed by atoms with E-state index in [1.54, 1.807) is 6.08 Å². The minimum atomic E-state index is -0.339. The summed E-state index contributed by atoms with van der Waals surface area (Å²) in [6.07, 6.45) is 3.80. The minimum absolute atomic E-state index is 0.242. The lowest BCUT2D eigenvalue weighted by Crippen LogP contribution is -2.07. The van der Waals surface area contributed by atoms with Gasteiger partial charge in [-0.3, -0.25) is 4.79 Å². The van der Waals surface area contributed by atoms with Crippen LogP contribution < -0.4 is 11.5 Å². The number of hydrogen-bond donors (Lipinski definition) is 2. The Morgan fingerprint density at radius 1 is 1.40 bits per heavy atom. The molecule has 3 heteroatoms. The molecule has 0 spiro atoms. The average molecular weight is 204 g/mol. The van der Waals surface area contributed by atoms with Crippen molar-refractivity contribution in [2.75, 3.05) is 5.73 Å². The van der Waals surface area contributed by atoms with E-state index in [9.17, 15) is 4.79 Å². The summed E-state index contributed by atoms with van der Waals surface area (Å²) in [5.74, 6) is -0.339. The topological polar surface area (TPSA) is 69.1 Å². The number of aryl methyl sites for hydroxylation is 2. The van der Waals surface area contributed by atoms with Crippen LogP contribution in [0.1, 0.15) is 23.1 Å². The van der Waals surface area contributed by atoms with E-state index in [-0.39, 0.29) is 12.3 Å². The van der Waals surface area contributed by atoms with Crippen LogP contribution in [0.5, 0.6) is 0 Å². The number of nitrogen functional groups attached to an aromatic ring is 1. The van der Waals surface area contributed by atoms with E-state index < -0.39 is 0 Å². The standard InChI is InChI=1S/C12H16N2O/c1-8-6-9(2)12(14)10(7-8)4-3-5-11(13)15/h3-4,6-7H,5,14H2,1-2H3,(H2,13,15). The zero-order valence-electron chi connectivity index (χ0n) is 9.08. The molecule has 15 heavy (non-hydrogen) atoms. The summed E-state index contributed by atoms with van der Waals surface area (Å²) in [6.45, 7) is 3.98. The Balaban J connectivity index is 2.94. The maximum absolute atomic E-state index is 10.5. The molecule has 3 nitrogen and oxygen atoms in total. The maximum Gasteiger partial charge on any atom is 0.221 e. The first-order chi connectivity index (χ1) is 7.00. The van der Waals surface area contributed by atoms with Crippen LogP contribution in [-0.2, 0) is 4.79 Å². The van der Waals surface area contributed by atoms with Gasteiger partial charge >= 0.3 is 0 Å². The number of anilines is 1. The third-order valence-corrected chi connectivity index (χ3v) is 2.18. The van der Waals surface area contributed by atoms with Gasteiger partial charge in [-0.1, -0.05) is 23.8 Å². The molecule has 1 aromatic carbocycles. The summed E-state index contributed by atoms with van der Waals surface area (Å²) >= 11 is 0. The number of amides is 1. The van der Waals surface area contributed by atoms with Crippen molar-refractivity contribution in [3.05, 3.63) is 34.9 Å². The lowest BCUT2D eigenvalue weighted by atomic mass is 10.0. The van der Waals surface area contributed by atoms with Gasteiger partial charge in [-0.15, -0.1) is 0 Å². The van der Waals surface area contributed by atoms with E-state index in [0.717, 1.165) is 22.4 Å². The highest BCUT2D eigenvalue weighted by Crippen LogP contribution is 2.20. The summed E-state index contributed by atoms with van der Waals surface area (Å²) < 4.78 is 0. The van der Waals surface area contributed by atoms with Crippen LogP contribution in [-0.4, -0.2) is 5.91 Å². The highest BCUT2D eigenvalue weighted by atomic mass is 16.1. The molecule has 0 bridgehead atoms. The number of carbonyl (C=O) groups excluding carboxylic acids is 1. The molecule has 1 rings (SSSR count). The Morgan fingerprint density at radius 2 is 2.07 bits per heavy atom. The Labute approximate surface area is 89.8 Å². The molecule has 0 saturated heterocycles. The monoisotopic (exact) mass is 204 g/mol. The third-order valence-electron chi connectivity index (χ3n) is 2.18. The van der Waals surface area contributed by atoms with Crippen LogP contribution in [0.25, 0.3) is 6.08 Å². The Morgan fingerprint density at radius 3 is 2.67 bits per heavy atom. The van der Waals surface area contributed by atoms with Crippen molar-refractivity contribution in [3.8, 4) is 0 Å². The van der Waals surface area contributed by atoms with Gasteiger partial charge in [0.05, 0.1) is 0 Å². The SMILES string of the molecule is Cc1cc(C)c(N)c(C=CCC(N)=O)c1. The smallest absolute Gasteiger partial charge is 0.221 e. The van der Waals surface area contributed by atoms with Gasteiger partial charge in [0.15, 0.2) is 0 Å². The number of primary amides is 1. The van der Waals surface area contributed by atoms with E-state index in [2.05, 4.69) is 0 Å². The summed E-state index contributed by atoms with van der Waals surface area (Å²) in [5, 5.41) is 0. The summed E-state index contributed by atoms with van der Waals surface area (Å²) in [4.78, 5) is 10.5. The minimum Gasteiger partial charge on any atom is -0.398 e. The van der Waals surface area contributed by atoms with Crippen molar-refractivity contribution < 1.29 is 4.79 Å². The largest absolute Gasteiger partial charge is 0.398 e. The van der Waals surface area contributed by atoms with Crippen LogP contribution in [0.4, 0.5) is 5.69 Å². The average Bonchev–Trinajstić information content (AvgIpc) is 2.12. The molecular formula is C12H16N2O. The number of hydrogen-bond acceptors (Lipinski definition) is 2. The van der Waals surface area contributed by atoms with Crippen molar-refractivity contribution in [2.24, 2.45) is 5.73 Å². The van der Waals surface area contributed by atoms with Gasteiger partial charge in [-0.2, -0.15) is 0 Å². The third kappa shape index (κ3) is 3.13. The van der Waals surface area contributed by atoms with Gasteiger partial charge < -0.3 is 11.5 Å². The quantitative estimate of drug-likeness (QED) is 0.737. The first-order valence-electron chi connectivity index (χ1n) is 4.82. The van der Waals surface area contributed by atoms with Crippen LogP contribution in [0, 0.1) is 13.8 Å². The van der Waals surface area contributed by atoms with Crippen LogP contribution in [0.3, 0.4) is 0 Å². The fourth-order valence-corrected chi connectivity index (χ4v) is 1.45. The molecule has 0 radical (unpaired) electrons. The van der Waals surface area contributed by atoms with Crippen molar-refractivity contribution in [1.29, 1.82) is 0 Å². The first kappa shape index (κ1) is 11.3. The molecule has 80 valence electrons. The molecular weight excluding hydrogens is 188 g/mol. The maximum atomic E-state index is 10.5. The second-order valence-electron chi connectivity index (χ2n) is 3.66. The van der Waals surface area contributed by atoms with E-state index in [0.29, 0.717) is 0 Å². The molecule has 4 N–H and O–H groups in total. The highest BCUT2D eigenvalue weighted by molar-refractivity contribution is 5.77. The van der Waals surface area contributed by atoms with E-state index in [1.165, 1.54) is 0 Å². The zero-order chi connectivity index (χ0) is 11.4. The molecule has 0 fully saturated rings. The highest BCUT2D eigenvalue weighted by Gasteiger charge is 2.00. The molecule has 0 aliphatic rings. The molecule has 0 unspecified atom stereocenters. The first-order valence-corrected chi connectivity index (χ1v) is 4.82. The molecule has 0 aliphatic carbocycles. The number of benzene rings is 1. The molecule has 0 saturated carbocycles. The lowest BCUT2D eigenvalue weighted by molar-refractivity contribution is -0.117. The van der Waals surface area contributed by atoms with Crippen LogP contribution >= 0.6 is 0 Å². The van der Waals surface area contributed by atoms with Crippen molar-refractivity contribution in [1.82, 2.24) is 0 Å². The number of nitrogens with two attached hydrogens (primary N) is 2. The Hall–Kier alpha value is -1.77. The molecule has 0 atom stereocenters. The summed E-state index contributed by atoms with van der Waals surface area (Å²) in [6, 6.07) is 4.01. The van der Waals surface area contributed by atoms with E-state index in [4.69, 9.17) is 11.5 Å². The van der Waals surface area contributed by atoms with Gasteiger partial charge in [0, 0.05) is 12.1 Å². The van der Waals surface area contributed by atoms with Gasteiger partial charge in [0.25, 0.3) is 0 Å². The van der Waals surface area contributed by atoms with Gasteiger partial charge in [-0.25, -0.2) is 0 Å². The molecule has 1 amide bonds. The molecule has 0 aromatic heterocycles. The fraction of sp³-hybridized carbons (Fsp3) is 0.250. The zero-order valence-corrected chi connectivity index (χ0v) is 9.08. The van der Waals surface area contributed by atoms with Crippen LogP contribution in [0.2, 0.25) is 0 Å². The predicted molar refractivity (Wildman–Crippen MR) is 63.2 cm³/mol. The van der Waals surface area contributed by atoms with Crippen molar-refractivity contribution >= 4 is 17.7 Å². The Kier molecular flexibility index (Phi) is 3.50. The van der Waals surface area contributed by atoms with Gasteiger partial charge in [0.2, 0.25) is 5.91 Å². The second kappa shape index (κ2) is 4.64. The number of carbonyl (C=O) groups is 1.